The maximum atomic E-state index is 12.9. The van der Waals surface area contributed by atoms with Gasteiger partial charge < -0.3 is 10.1 Å². The van der Waals surface area contributed by atoms with Gasteiger partial charge in [0, 0.05) is 42.3 Å². The molecule has 0 aliphatic carbocycles. The van der Waals surface area contributed by atoms with Gasteiger partial charge in [0.25, 0.3) is 0 Å². The van der Waals surface area contributed by atoms with Gasteiger partial charge in [0.2, 0.25) is 0 Å². The monoisotopic (exact) mass is 330 g/mol. The van der Waals surface area contributed by atoms with Crippen LogP contribution in [0.3, 0.4) is 0 Å². The molecule has 0 aromatic heterocycles. The van der Waals surface area contributed by atoms with E-state index in [2.05, 4.69) is 26.1 Å². The molecule has 1 aromatic rings. The first-order valence-corrected chi connectivity index (χ1v) is 7.39. The van der Waals surface area contributed by atoms with Gasteiger partial charge in [0.05, 0.1) is 13.8 Å². The Morgan fingerprint density at radius 2 is 2.16 bits per heavy atom. The van der Waals surface area contributed by atoms with Crippen molar-refractivity contribution in [3.63, 3.8) is 0 Å². The fraction of sp³-hybridized carbons (Fsp3) is 0.571. The van der Waals surface area contributed by atoms with Crippen LogP contribution in [-0.4, -0.2) is 44.9 Å². The number of nitrogens with zero attached hydrogens (tertiary/aromatic N) is 1. The van der Waals surface area contributed by atoms with E-state index in [1.165, 1.54) is 0 Å². The van der Waals surface area contributed by atoms with Gasteiger partial charge in [-0.05, 0) is 18.6 Å². The topological polar surface area (TPSA) is 24.5 Å². The summed E-state index contributed by atoms with van der Waals surface area (Å²) in [5.41, 5.74) is 1.07. The molecule has 1 saturated heterocycles. The van der Waals surface area contributed by atoms with E-state index < -0.39 is 0 Å². The Bertz CT molecular complexity index is 410. The minimum atomic E-state index is -0.312. The second-order valence-corrected chi connectivity index (χ2v) is 5.58. The largest absolute Gasteiger partial charge is 0.496 e. The number of hydrogen-bond donors (Lipinski definition) is 1. The summed E-state index contributed by atoms with van der Waals surface area (Å²) in [6.45, 7) is 3.50. The highest BCUT2D eigenvalue weighted by molar-refractivity contribution is 9.10. The van der Waals surface area contributed by atoms with Crippen molar-refractivity contribution in [3.8, 4) is 5.75 Å². The van der Waals surface area contributed by atoms with E-state index in [-0.39, 0.29) is 12.7 Å². The lowest BCUT2D eigenvalue weighted by atomic mass is 10.0. The highest BCUT2D eigenvalue weighted by Gasteiger charge is 2.24. The van der Waals surface area contributed by atoms with E-state index >= 15 is 0 Å². The van der Waals surface area contributed by atoms with Crippen LogP contribution in [0.5, 0.6) is 5.75 Å². The molecular weight excluding hydrogens is 311 g/mol. The van der Waals surface area contributed by atoms with Gasteiger partial charge in [0.15, 0.2) is 0 Å². The predicted molar refractivity (Wildman–Crippen MR) is 78.5 cm³/mol. The lowest BCUT2D eigenvalue weighted by Crippen LogP contribution is -2.45. The molecule has 0 spiro atoms. The minimum absolute atomic E-state index is 0.0927. The molecule has 0 amide bonds. The lowest BCUT2D eigenvalue weighted by molar-refractivity contribution is 0.155. The van der Waals surface area contributed by atoms with E-state index in [0.717, 1.165) is 42.0 Å². The van der Waals surface area contributed by atoms with Crippen LogP contribution in [0.2, 0.25) is 0 Å². The zero-order chi connectivity index (χ0) is 13.7. The molecule has 19 heavy (non-hydrogen) atoms. The quantitative estimate of drug-likeness (QED) is 0.898. The van der Waals surface area contributed by atoms with Crippen molar-refractivity contribution in [2.45, 2.75) is 12.5 Å². The molecule has 2 rings (SSSR count). The molecule has 0 radical (unpaired) electrons. The molecule has 5 heteroatoms. The van der Waals surface area contributed by atoms with Crippen LogP contribution in [0.15, 0.2) is 22.7 Å². The number of ether oxygens (including phenoxy) is 1. The number of methoxy groups -OCH3 is 1. The number of hydrogen-bond acceptors (Lipinski definition) is 3. The Kier molecular flexibility index (Phi) is 5.60. The molecule has 1 N–H and O–H groups in total. The Balaban J connectivity index is 2.26. The van der Waals surface area contributed by atoms with Crippen LogP contribution < -0.4 is 10.1 Å². The predicted octanol–water partition coefficient (Wildman–Crippen LogP) is 2.76. The fourth-order valence-corrected chi connectivity index (χ4v) is 2.93. The van der Waals surface area contributed by atoms with E-state index in [0.29, 0.717) is 6.42 Å². The van der Waals surface area contributed by atoms with E-state index in [1.807, 2.05) is 18.2 Å². The molecule has 106 valence electrons. The van der Waals surface area contributed by atoms with Gasteiger partial charge in [-0.25, -0.2) is 0 Å². The van der Waals surface area contributed by atoms with E-state index in [1.54, 1.807) is 7.11 Å². The third kappa shape index (κ3) is 3.68. The van der Waals surface area contributed by atoms with Crippen LogP contribution in [0.4, 0.5) is 4.39 Å². The normalized spacial score (nSPS) is 18.3. The Morgan fingerprint density at radius 3 is 2.79 bits per heavy atom. The fourth-order valence-electron chi connectivity index (χ4n) is 2.59. The molecule has 3 nitrogen and oxygen atoms in total. The Morgan fingerprint density at radius 1 is 1.42 bits per heavy atom. The van der Waals surface area contributed by atoms with E-state index in [9.17, 15) is 4.39 Å². The van der Waals surface area contributed by atoms with Gasteiger partial charge in [0.1, 0.15) is 5.75 Å². The molecular formula is C14H20BrFN2O. The second-order valence-electron chi connectivity index (χ2n) is 4.67. The number of benzene rings is 1. The zero-order valence-corrected chi connectivity index (χ0v) is 12.7. The third-order valence-corrected chi connectivity index (χ3v) is 4.02. The second kappa shape index (κ2) is 7.22. The summed E-state index contributed by atoms with van der Waals surface area (Å²) in [7, 11) is 1.66. The lowest BCUT2D eigenvalue weighted by Gasteiger charge is -2.35. The van der Waals surface area contributed by atoms with Crippen molar-refractivity contribution >= 4 is 15.9 Å². The van der Waals surface area contributed by atoms with Crippen LogP contribution >= 0.6 is 15.9 Å². The minimum Gasteiger partial charge on any atom is -0.496 e. The molecule has 1 aliphatic rings. The maximum absolute atomic E-state index is 12.9. The average Bonchev–Trinajstić information content (AvgIpc) is 2.46. The van der Waals surface area contributed by atoms with Gasteiger partial charge in [-0.3, -0.25) is 9.29 Å². The molecule has 1 aromatic carbocycles. The van der Waals surface area contributed by atoms with Gasteiger partial charge >= 0.3 is 0 Å². The summed E-state index contributed by atoms with van der Waals surface area (Å²) in [5, 5.41) is 3.33. The van der Waals surface area contributed by atoms with E-state index in [4.69, 9.17) is 4.74 Å². The Labute approximate surface area is 122 Å². The molecule has 1 fully saturated rings. The SMILES string of the molecule is COc1cc(Br)ccc1[C@@H](CCF)N1CCNCC1. The van der Waals surface area contributed by atoms with Crippen molar-refractivity contribution in [2.75, 3.05) is 40.0 Å². The van der Waals surface area contributed by atoms with Crippen molar-refractivity contribution in [1.29, 1.82) is 0 Å². The molecule has 1 atom stereocenters. The number of piperazine rings is 1. The summed E-state index contributed by atoms with van der Waals surface area (Å²) in [4.78, 5) is 2.34. The molecule has 0 saturated carbocycles. The zero-order valence-electron chi connectivity index (χ0n) is 11.2. The molecule has 1 heterocycles. The third-order valence-electron chi connectivity index (χ3n) is 3.53. The first kappa shape index (κ1) is 14.8. The Hall–Kier alpha value is -0.650. The number of nitrogens with one attached hydrogen (secondary N) is 1. The highest BCUT2D eigenvalue weighted by atomic mass is 79.9. The van der Waals surface area contributed by atoms with Crippen molar-refractivity contribution in [3.05, 3.63) is 28.2 Å². The summed E-state index contributed by atoms with van der Waals surface area (Å²) in [6.07, 6.45) is 0.512. The maximum Gasteiger partial charge on any atom is 0.124 e. The first-order chi connectivity index (χ1) is 9.26. The van der Waals surface area contributed by atoms with Crippen LogP contribution in [-0.2, 0) is 0 Å². The summed E-state index contributed by atoms with van der Waals surface area (Å²) < 4.78 is 19.3. The summed E-state index contributed by atoms with van der Waals surface area (Å²) >= 11 is 3.44. The number of halogens is 2. The number of rotatable bonds is 5. The van der Waals surface area contributed by atoms with Gasteiger partial charge in [-0.2, -0.15) is 0 Å². The van der Waals surface area contributed by atoms with Crippen molar-refractivity contribution in [1.82, 2.24) is 10.2 Å². The number of alkyl halides is 1. The molecule has 0 unspecified atom stereocenters. The van der Waals surface area contributed by atoms with Crippen LogP contribution in [0.25, 0.3) is 0 Å². The van der Waals surface area contributed by atoms with Crippen molar-refractivity contribution in [2.24, 2.45) is 0 Å². The average molecular weight is 331 g/mol. The molecule has 1 aliphatic heterocycles. The van der Waals surface area contributed by atoms with Crippen LogP contribution in [0, 0.1) is 0 Å². The van der Waals surface area contributed by atoms with Gasteiger partial charge in [-0.1, -0.05) is 22.0 Å². The summed E-state index contributed by atoms with van der Waals surface area (Å²) in [6, 6.07) is 6.06. The molecule has 0 bridgehead atoms. The van der Waals surface area contributed by atoms with Crippen LogP contribution in [0.1, 0.15) is 18.0 Å². The first-order valence-electron chi connectivity index (χ1n) is 6.60. The van der Waals surface area contributed by atoms with Crippen molar-refractivity contribution < 1.29 is 9.13 Å². The highest BCUT2D eigenvalue weighted by Crippen LogP contribution is 2.34. The van der Waals surface area contributed by atoms with Gasteiger partial charge in [-0.15, -0.1) is 0 Å². The standard InChI is InChI=1S/C14H20BrFN2O/c1-19-14-10-11(15)2-3-12(14)13(4-5-16)18-8-6-17-7-9-18/h2-3,10,13,17H,4-9H2,1H3/t13-/m1/s1. The summed E-state index contributed by atoms with van der Waals surface area (Å²) in [5.74, 6) is 0.825. The smallest absolute Gasteiger partial charge is 0.124 e.